The molecule has 26 heavy (non-hydrogen) atoms. The standard InChI is InChI=1S/C20H22Cl2N2O2/c21-18-5-3-6-19(22)17(18)14-24-13-15(12-23-8-10-26-11-9-25)16-4-1-2-7-20(16)24/h1-7,13,23,25H,8-12,14H2. The average Bonchev–Trinajstić information content (AvgIpc) is 2.99. The molecule has 138 valence electrons. The number of para-hydroxylation sites is 1. The molecule has 2 aromatic carbocycles. The Morgan fingerprint density at radius 3 is 2.54 bits per heavy atom. The molecule has 0 saturated carbocycles. The summed E-state index contributed by atoms with van der Waals surface area (Å²) in [4.78, 5) is 0. The molecule has 0 radical (unpaired) electrons. The van der Waals surface area contributed by atoms with Gasteiger partial charge in [-0.15, -0.1) is 0 Å². The maximum Gasteiger partial charge on any atom is 0.0698 e. The number of hydrogen-bond acceptors (Lipinski definition) is 3. The SMILES string of the molecule is OCCOCCNCc1cn(Cc2c(Cl)cccc2Cl)c2ccccc12. The first-order valence-corrected chi connectivity index (χ1v) is 9.35. The van der Waals surface area contributed by atoms with Crippen LogP contribution in [0.25, 0.3) is 10.9 Å². The molecule has 0 saturated heterocycles. The molecule has 0 bridgehead atoms. The molecular formula is C20H22Cl2N2O2. The van der Waals surface area contributed by atoms with Gasteiger partial charge in [-0.2, -0.15) is 0 Å². The average molecular weight is 393 g/mol. The number of aliphatic hydroxyl groups excluding tert-OH is 1. The van der Waals surface area contributed by atoms with Crippen LogP contribution in [0.15, 0.2) is 48.7 Å². The molecule has 0 aliphatic heterocycles. The van der Waals surface area contributed by atoms with Gasteiger partial charge < -0.3 is 19.7 Å². The lowest BCUT2D eigenvalue weighted by atomic mass is 10.2. The Morgan fingerprint density at radius 2 is 1.77 bits per heavy atom. The summed E-state index contributed by atoms with van der Waals surface area (Å²) in [6.45, 7) is 3.10. The first-order chi connectivity index (χ1) is 12.7. The molecule has 0 unspecified atom stereocenters. The van der Waals surface area contributed by atoms with Crippen LogP contribution in [0.2, 0.25) is 10.0 Å². The second kappa shape index (κ2) is 9.40. The predicted octanol–water partition coefficient (Wildman–Crippen LogP) is 4.09. The molecule has 0 spiro atoms. The molecule has 0 fully saturated rings. The van der Waals surface area contributed by atoms with Crippen molar-refractivity contribution in [3.8, 4) is 0 Å². The molecule has 3 aromatic rings. The smallest absolute Gasteiger partial charge is 0.0698 e. The van der Waals surface area contributed by atoms with Gasteiger partial charge in [-0.25, -0.2) is 0 Å². The number of halogens is 2. The van der Waals surface area contributed by atoms with Gasteiger partial charge in [0.25, 0.3) is 0 Å². The Morgan fingerprint density at radius 1 is 1.00 bits per heavy atom. The van der Waals surface area contributed by atoms with Crippen LogP contribution in [0, 0.1) is 0 Å². The van der Waals surface area contributed by atoms with Gasteiger partial charge in [-0.1, -0.05) is 47.5 Å². The monoisotopic (exact) mass is 392 g/mol. The van der Waals surface area contributed by atoms with Crippen molar-refractivity contribution < 1.29 is 9.84 Å². The minimum absolute atomic E-state index is 0.0537. The Bertz CT molecular complexity index is 844. The first-order valence-electron chi connectivity index (χ1n) is 8.59. The van der Waals surface area contributed by atoms with Crippen LogP contribution in [-0.2, 0) is 17.8 Å². The molecular weight excluding hydrogens is 371 g/mol. The van der Waals surface area contributed by atoms with Crippen molar-refractivity contribution in [3.63, 3.8) is 0 Å². The van der Waals surface area contributed by atoms with E-state index >= 15 is 0 Å². The van der Waals surface area contributed by atoms with Gasteiger partial charge in [0, 0.05) is 45.8 Å². The highest BCUT2D eigenvalue weighted by Gasteiger charge is 2.11. The third kappa shape index (κ3) is 4.58. The summed E-state index contributed by atoms with van der Waals surface area (Å²) in [6, 6.07) is 13.9. The van der Waals surface area contributed by atoms with Gasteiger partial charge in [0.05, 0.1) is 26.4 Å². The zero-order chi connectivity index (χ0) is 18.4. The summed E-state index contributed by atoms with van der Waals surface area (Å²) in [5.41, 5.74) is 3.29. The van der Waals surface area contributed by atoms with Gasteiger partial charge in [0.1, 0.15) is 0 Å². The van der Waals surface area contributed by atoms with E-state index in [2.05, 4.69) is 28.2 Å². The van der Waals surface area contributed by atoms with Gasteiger partial charge in [0.2, 0.25) is 0 Å². The molecule has 1 aromatic heterocycles. The normalized spacial score (nSPS) is 11.3. The number of nitrogens with zero attached hydrogens (tertiary/aromatic N) is 1. The first kappa shape index (κ1) is 19.2. The lowest BCUT2D eigenvalue weighted by molar-refractivity contribution is 0.0938. The zero-order valence-electron chi connectivity index (χ0n) is 14.4. The van der Waals surface area contributed by atoms with Gasteiger partial charge in [-0.3, -0.25) is 0 Å². The molecule has 4 nitrogen and oxygen atoms in total. The number of fused-ring (bicyclic) bond motifs is 1. The summed E-state index contributed by atoms with van der Waals surface area (Å²) in [5, 5.41) is 14.7. The Balaban J connectivity index is 1.77. The van der Waals surface area contributed by atoms with Gasteiger partial charge in [0.15, 0.2) is 0 Å². The highest BCUT2D eigenvalue weighted by atomic mass is 35.5. The number of rotatable bonds is 9. The largest absolute Gasteiger partial charge is 0.394 e. The van der Waals surface area contributed by atoms with E-state index in [0.717, 1.165) is 24.2 Å². The third-order valence-corrected chi connectivity index (χ3v) is 4.94. The van der Waals surface area contributed by atoms with Crippen LogP contribution in [-0.4, -0.2) is 36.0 Å². The fourth-order valence-electron chi connectivity index (χ4n) is 2.98. The minimum Gasteiger partial charge on any atom is -0.394 e. The van der Waals surface area contributed by atoms with Crippen molar-refractivity contribution in [2.45, 2.75) is 13.1 Å². The fraction of sp³-hybridized carbons (Fsp3) is 0.300. The Kier molecular flexibility index (Phi) is 6.94. The van der Waals surface area contributed by atoms with E-state index in [4.69, 9.17) is 33.0 Å². The van der Waals surface area contributed by atoms with Crippen LogP contribution in [0.3, 0.4) is 0 Å². The number of nitrogens with one attached hydrogen (secondary N) is 1. The van der Waals surface area contributed by atoms with E-state index in [0.29, 0.717) is 29.8 Å². The summed E-state index contributed by atoms with van der Waals surface area (Å²) < 4.78 is 7.45. The quantitative estimate of drug-likeness (QED) is 0.539. The molecule has 3 rings (SSSR count). The molecule has 2 N–H and O–H groups in total. The summed E-state index contributed by atoms with van der Waals surface area (Å²) in [5.74, 6) is 0. The van der Waals surface area contributed by atoms with Crippen molar-refractivity contribution in [2.24, 2.45) is 0 Å². The summed E-state index contributed by atoms with van der Waals surface area (Å²) in [6.07, 6.45) is 2.14. The fourth-order valence-corrected chi connectivity index (χ4v) is 3.50. The van der Waals surface area contributed by atoms with E-state index in [1.807, 2.05) is 30.3 Å². The number of ether oxygens (including phenoxy) is 1. The number of benzene rings is 2. The number of aromatic nitrogens is 1. The van der Waals surface area contributed by atoms with Crippen molar-refractivity contribution >= 4 is 34.1 Å². The van der Waals surface area contributed by atoms with Gasteiger partial charge in [-0.05, 0) is 23.8 Å². The summed E-state index contributed by atoms with van der Waals surface area (Å²) >= 11 is 12.7. The van der Waals surface area contributed by atoms with E-state index < -0.39 is 0 Å². The third-order valence-electron chi connectivity index (χ3n) is 4.24. The second-order valence-corrected chi connectivity index (χ2v) is 6.83. The highest BCUT2D eigenvalue weighted by Crippen LogP contribution is 2.28. The van der Waals surface area contributed by atoms with Crippen LogP contribution < -0.4 is 5.32 Å². The topological polar surface area (TPSA) is 46.4 Å². The number of hydrogen-bond donors (Lipinski definition) is 2. The summed E-state index contributed by atoms with van der Waals surface area (Å²) in [7, 11) is 0. The maximum atomic E-state index is 8.72. The maximum absolute atomic E-state index is 8.72. The Hall–Kier alpha value is -1.56. The van der Waals surface area contributed by atoms with Crippen molar-refractivity contribution in [1.29, 1.82) is 0 Å². The van der Waals surface area contributed by atoms with E-state index in [1.54, 1.807) is 0 Å². The lowest BCUT2D eigenvalue weighted by Crippen LogP contribution is -2.19. The predicted molar refractivity (Wildman–Crippen MR) is 107 cm³/mol. The Labute approximate surface area is 163 Å². The molecule has 0 atom stereocenters. The minimum atomic E-state index is 0.0537. The highest BCUT2D eigenvalue weighted by molar-refractivity contribution is 6.36. The van der Waals surface area contributed by atoms with Crippen LogP contribution in [0.4, 0.5) is 0 Å². The van der Waals surface area contributed by atoms with Gasteiger partial charge >= 0.3 is 0 Å². The molecule has 0 aliphatic rings. The second-order valence-electron chi connectivity index (χ2n) is 6.01. The van der Waals surface area contributed by atoms with Crippen molar-refractivity contribution in [1.82, 2.24) is 9.88 Å². The lowest BCUT2D eigenvalue weighted by Gasteiger charge is -2.09. The zero-order valence-corrected chi connectivity index (χ0v) is 15.9. The molecule has 0 amide bonds. The van der Waals surface area contributed by atoms with Crippen molar-refractivity contribution in [2.75, 3.05) is 26.4 Å². The van der Waals surface area contributed by atoms with E-state index in [9.17, 15) is 0 Å². The van der Waals surface area contributed by atoms with E-state index in [1.165, 1.54) is 10.9 Å². The molecule has 1 heterocycles. The van der Waals surface area contributed by atoms with Crippen molar-refractivity contribution in [3.05, 3.63) is 69.8 Å². The molecule has 0 aliphatic carbocycles. The van der Waals surface area contributed by atoms with Crippen LogP contribution in [0.5, 0.6) is 0 Å². The van der Waals surface area contributed by atoms with E-state index in [-0.39, 0.29) is 6.61 Å². The number of aliphatic hydroxyl groups is 1. The molecule has 6 heteroatoms. The van der Waals surface area contributed by atoms with Crippen LogP contribution in [0.1, 0.15) is 11.1 Å². The van der Waals surface area contributed by atoms with Crippen LogP contribution >= 0.6 is 23.2 Å².